The third-order valence-electron chi connectivity index (χ3n) is 4.04. The van der Waals surface area contributed by atoms with Crippen molar-refractivity contribution in [1.29, 1.82) is 0 Å². The highest BCUT2D eigenvalue weighted by atomic mass is 32.2. The van der Waals surface area contributed by atoms with Gasteiger partial charge in [0.05, 0.1) is 11.4 Å². The molecule has 9 heteroatoms. The first-order valence-corrected chi connectivity index (χ1v) is 10.4. The van der Waals surface area contributed by atoms with Gasteiger partial charge in [-0.2, -0.15) is 0 Å². The second-order valence-electron chi connectivity index (χ2n) is 6.23. The van der Waals surface area contributed by atoms with E-state index in [1.807, 2.05) is 6.92 Å². The van der Waals surface area contributed by atoms with Gasteiger partial charge in [-0.15, -0.1) is 0 Å². The Morgan fingerprint density at radius 3 is 2.43 bits per heavy atom. The summed E-state index contributed by atoms with van der Waals surface area (Å²) in [5, 5.41) is 2.53. The Balaban J connectivity index is 2.30. The van der Waals surface area contributed by atoms with Crippen LogP contribution in [0.1, 0.15) is 13.8 Å². The molecule has 1 N–H and O–H groups in total. The molecule has 0 bridgehead atoms. The first-order valence-electron chi connectivity index (χ1n) is 8.51. The zero-order chi connectivity index (χ0) is 20.5. The average molecular weight is 402 g/mol. The second kappa shape index (κ2) is 7.51. The van der Waals surface area contributed by atoms with Gasteiger partial charge in [-0.3, -0.25) is 4.79 Å². The molecule has 0 unspecified atom stereocenters. The molecule has 146 valence electrons. The van der Waals surface area contributed by atoms with Crippen LogP contribution < -0.4 is 5.32 Å². The molecule has 0 spiro atoms. The number of hydrogen-bond donors (Lipinski definition) is 1. The van der Waals surface area contributed by atoms with E-state index >= 15 is 0 Å². The van der Waals surface area contributed by atoms with Gasteiger partial charge >= 0.3 is 0 Å². The summed E-state index contributed by atoms with van der Waals surface area (Å²) in [6.45, 7) is 3.53. The maximum atomic E-state index is 13.4. The molecule has 0 radical (unpaired) electrons. The number of anilines is 1. The van der Waals surface area contributed by atoms with Crippen LogP contribution in [0.15, 0.2) is 47.8 Å². The Hall–Kier alpha value is -3.07. The number of aromatic nitrogens is 3. The number of carbonyl (C=O) groups is 1. The fourth-order valence-electron chi connectivity index (χ4n) is 2.94. The van der Waals surface area contributed by atoms with Gasteiger partial charge in [-0.25, -0.2) is 22.8 Å². The second-order valence-corrected chi connectivity index (χ2v) is 8.14. The molecule has 2 aromatic heterocycles. The number of rotatable bonds is 5. The summed E-state index contributed by atoms with van der Waals surface area (Å²) in [5.74, 6) is -0.343. The summed E-state index contributed by atoms with van der Waals surface area (Å²) in [4.78, 5) is 19.8. The Bertz CT molecular complexity index is 1140. The normalized spacial score (nSPS) is 11.4. The summed E-state index contributed by atoms with van der Waals surface area (Å²) in [5.41, 5.74) is 2.15. The van der Waals surface area contributed by atoms with Crippen molar-refractivity contribution in [2.24, 2.45) is 0 Å². The maximum Gasteiger partial charge on any atom is 0.228 e. The van der Waals surface area contributed by atoms with Crippen LogP contribution in [0.4, 0.5) is 10.2 Å². The molecular formula is C19H19FN4O3S. The molecule has 0 saturated heterocycles. The van der Waals surface area contributed by atoms with E-state index in [4.69, 9.17) is 0 Å². The van der Waals surface area contributed by atoms with Gasteiger partial charge in [0.25, 0.3) is 0 Å². The molecular weight excluding hydrogens is 383 g/mol. The van der Waals surface area contributed by atoms with E-state index in [2.05, 4.69) is 15.3 Å². The number of nitrogens with one attached hydrogen (secondary N) is 1. The molecule has 1 amide bonds. The highest BCUT2D eigenvalue weighted by molar-refractivity contribution is 7.90. The van der Waals surface area contributed by atoms with Crippen LogP contribution in [0.25, 0.3) is 22.5 Å². The van der Waals surface area contributed by atoms with Crippen molar-refractivity contribution in [2.75, 3.05) is 11.6 Å². The molecule has 1 aromatic carbocycles. The van der Waals surface area contributed by atoms with Crippen LogP contribution in [-0.2, 0) is 21.2 Å². The molecule has 0 aliphatic rings. The van der Waals surface area contributed by atoms with E-state index in [-0.39, 0.29) is 11.1 Å². The summed E-state index contributed by atoms with van der Waals surface area (Å²) in [7, 11) is -3.61. The number of halogens is 1. The quantitative estimate of drug-likeness (QED) is 0.708. The lowest BCUT2D eigenvalue weighted by Crippen LogP contribution is -2.10. The average Bonchev–Trinajstić information content (AvgIpc) is 3.02. The molecule has 0 fully saturated rings. The van der Waals surface area contributed by atoms with Gasteiger partial charge in [0, 0.05) is 37.0 Å². The van der Waals surface area contributed by atoms with Crippen molar-refractivity contribution in [3.05, 3.63) is 48.4 Å². The summed E-state index contributed by atoms with van der Waals surface area (Å²) in [6, 6.07) is 9.02. The lowest BCUT2D eigenvalue weighted by molar-refractivity contribution is -0.114. The number of imidazole rings is 1. The lowest BCUT2D eigenvalue weighted by Gasteiger charge is -2.11. The van der Waals surface area contributed by atoms with Crippen LogP contribution in [0.5, 0.6) is 0 Å². The van der Waals surface area contributed by atoms with E-state index < -0.39 is 15.7 Å². The minimum atomic E-state index is -3.61. The minimum Gasteiger partial charge on any atom is -0.315 e. The maximum absolute atomic E-state index is 13.4. The van der Waals surface area contributed by atoms with Crippen LogP contribution in [-0.4, -0.2) is 35.1 Å². The summed E-state index contributed by atoms with van der Waals surface area (Å²) >= 11 is 0. The largest absolute Gasteiger partial charge is 0.315 e. The van der Waals surface area contributed by atoms with Crippen molar-refractivity contribution in [3.63, 3.8) is 0 Å². The standard InChI is InChI=1S/C19H19FN4O3S/c1-4-24-18(14-9-10-21-16(11-14)22-12(2)25)17(23-19(24)28(3,26)27)13-5-7-15(20)8-6-13/h5-11H,4H2,1-3H3,(H,21,22,25). The molecule has 0 aliphatic carbocycles. The zero-order valence-corrected chi connectivity index (χ0v) is 16.4. The number of sulfone groups is 1. The summed E-state index contributed by atoms with van der Waals surface area (Å²) in [6.07, 6.45) is 2.61. The van der Waals surface area contributed by atoms with Gasteiger partial charge < -0.3 is 9.88 Å². The third-order valence-corrected chi connectivity index (χ3v) is 5.01. The fourth-order valence-corrected chi connectivity index (χ4v) is 3.81. The van der Waals surface area contributed by atoms with Gasteiger partial charge in [-0.1, -0.05) is 0 Å². The lowest BCUT2D eigenvalue weighted by atomic mass is 10.1. The molecule has 0 saturated carbocycles. The Morgan fingerprint density at radius 2 is 1.86 bits per heavy atom. The molecule has 7 nitrogen and oxygen atoms in total. The van der Waals surface area contributed by atoms with E-state index in [1.54, 1.807) is 28.8 Å². The van der Waals surface area contributed by atoms with E-state index in [1.165, 1.54) is 25.3 Å². The van der Waals surface area contributed by atoms with Gasteiger partial charge in [-0.05, 0) is 43.3 Å². The fraction of sp³-hybridized carbons (Fsp3) is 0.211. The van der Waals surface area contributed by atoms with Gasteiger partial charge in [0.2, 0.25) is 20.9 Å². The van der Waals surface area contributed by atoms with E-state index in [9.17, 15) is 17.6 Å². The van der Waals surface area contributed by atoms with E-state index in [0.717, 1.165) is 6.26 Å². The van der Waals surface area contributed by atoms with Crippen LogP contribution in [0.2, 0.25) is 0 Å². The Morgan fingerprint density at radius 1 is 1.18 bits per heavy atom. The van der Waals surface area contributed by atoms with E-state index in [0.29, 0.717) is 34.9 Å². The SMILES string of the molecule is CCn1c(S(C)(=O)=O)nc(-c2ccc(F)cc2)c1-c1ccnc(NC(C)=O)c1. The predicted molar refractivity (Wildman–Crippen MR) is 104 cm³/mol. The monoisotopic (exact) mass is 402 g/mol. The van der Waals surface area contributed by atoms with Crippen LogP contribution in [0.3, 0.4) is 0 Å². The Labute approximate surface area is 162 Å². The first kappa shape index (κ1) is 19.7. The first-order chi connectivity index (χ1) is 13.2. The number of benzene rings is 1. The molecule has 0 atom stereocenters. The van der Waals surface area contributed by atoms with Crippen molar-refractivity contribution in [2.45, 2.75) is 25.5 Å². The van der Waals surface area contributed by atoms with Crippen LogP contribution in [0, 0.1) is 5.82 Å². The molecule has 3 aromatic rings. The number of carbonyl (C=O) groups excluding carboxylic acids is 1. The molecule has 28 heavy (non-hydrogen) atoms. The molecule has 0 aliphatic heterocycles. The number of hydrogen-bond acceptors (Lipinski definition) is 5. The number of pyridine rings is 1. The van der Waals surface area contributed by atoms with Crippen molar-refractivity contribution < 1.29 is 17.6 Å². The molecule has 2 heterocycles. The zero-order valence-electron chi connectivity index (χ0n) is 15.6. The third kappa shape index (κ3) is 3.94. The van der Waals surface area contributed by atoms with Crippen molar-refractivity contribution in [3.8, 4) is 22.5 Å². The predicted octanol–water partition coefficient (Wildman–Crippen LogP) is 3.13. The number of amides is 1. The van der Waals surface area contributed by atoms with Crippen molar-refractivity contribution >= 4 is 21.6 Å². The number of nitrogens with zero attached hydrogens (tertiary/aromatic N) is 3. The highest BCUT2D eigenvalue weighted by Gasteiger charge is 2.25. The topological polar surface area (TPSA) is 93.9 Å². The van der Waals surface area contributed by atoms with Gasteiger partial charge in [0.1, 0.15) is 11.6 Å². The Kier molecular flexibility index (Phi) is 5.28. The minimum absolute atomic E-state index is 0.0813. The van der Waals surface area contributed by atoms with Gasteiger partial charge in [0.15, 0.2) is 0 Å². The van der Waals surface area contributed by atoms with Crippen molar-refractivity contribution in [1.82, 2.24) is 14.5 Å². The smallest absolute Gasteiger partial charge is 0.228 e. The molecule has 3 rings (SSSR count). The summed E-state index contributed by atoms with van der Waals surface area (Å²) < 4.78 is 39.5. The van der Waals surface area contributed by atoms with Crippen LogP contribution >= 0.6 is 0 Å². The highest BCUT2D eigenvalue weighted by Crippen LogP contribution is 2.35.